The fraction of sp³-hybridized carbons (Fsp3) is 0.708. The first-order valence-corrected chi connectivity index (χ1v) is 11.7. The molecular weight excluding hydrogens is 360 g/mol. The van der Waals surface area contributed by atoms with E-state index in [1.54, 1.807) is 0 Å². The van der Waals surface area contributed by atoms with Gasteiger partial charge in [-0.15, -0.1) is 0 Å². The van der Waals surface area contributed by atoms with Gasteiger partial charge in [0.2, 0.25) is 0 Å². The van der Waals surface area contributed by atoms with E-state index in [4.69, 9.17) is 0 Å². The quantitative estimate of drug-likeness (QED) is 0.687. The second kappa shape index (κ2) is 10.2. The Hall–Kier alpha value is -1.27. The van der Waals surface area contributed by atoms with Gasteiger partial charge in [0, 0.05) is 56.8 Å². The summed E-state index contributed by atoms with van der Waals surface area (Å²) in [5.74, 6) is 0.277. The molecule has 0 spiro atoms. The maximum atomic E-state index is 12.3. The van der Waals surface area contributed by atoms with Gasteiger partial charge >= 0.3 is 0 Å². The highest BCUT2D eigenvalue weighted by molar-refractivity contribution is 5.96. The first-order chi connectivity index (χ1) is 14.2. The van der Waals surface area contributed by atoms with Crippen LogP contribution in [-0.4, -0.2) is 103 Å². The Kier molecular flexibility index (Phi) is 7.35. The van der Waals surface area contributed by atoms with E-state index >= 15 is 0 Å². The molecule has 0 saturated carbocycles. The summed E-state index contributed by atoms with van der Waals surface area (Å²) in [7, 11) is 2.24. The highest BCUT2D eigenvalue weighted by Gasteiger charge is 2.31. The Morgan fingerprint density at radius 2 is 1.34 bits per heavy atom. The van der Waals surface area contributed by atoms with Crippen LogP contribution < -0.4 is 0 Å². The minimum absolute atomic E-state index is 0.277. The molecule has 0 N–H and O–H groups in total. The Labute approximate surface area is 176 Å². The predicted octanol–water partition coefficient (Wildman–Crippen LogP) is 2.44. The summed E-state index contributed by atoms with van der Waals surface area (Å²) in [6.07, 6.45) is 5.85. The number of likely N-dealkylation sites (tertiary alicyclic amines) is 2. The van der Waals surface area contributed by atoms with Crippen molar-refractivity contribution in [2.24, 2.45) is 0 Å². The first-order valence-electron chi connectivity index (χ1n) is 11.7. The van der Waals surface area contributed by atoms with E-state index in [0.717, 1.165) is 37.3 Å². The molecule has 0 amide bonds. The number of piperazine rings is 1. The lowest BCUT2D eigenvalue weighted by molar-refractivity contribution is 0.0376. The summed E-state index contributed by atoms with van der Waals surface area (Å²) < 4.78 is 0. The second-order valence-corrected chi connectivity index (χ2v) is 9.22. The molecular formula is C24H38N4O. The minimum atomic E-state index is 0.277. The van der Waals surface area contributed by atoms with Crippen LogP contribution in [0.25, 0.3) is 0 Å². The van der Waals surface area contributed by atoms with Gasteiger partial charge in [-0.25, -0.2) is 0 Å². The van der Waals surface area contributed by atoms with Gasteiger partial charge in [0.1, 0.15) is 0 Å². The zero-order valence-electron chi connectivity index (χ0n) is 18.1. The summed E-state index contributed by atoms with van der Waals surface area (Å²) in [4.78, 5) is 22.8. The lowest BCUT2D eigenvalue weighted by Crippen LogP contribution is -2.54. The van der Waals surface area contributed by atoms with Crippen LogP contribution in [0.5, 0.6) is 0 Å². The lowest BCUT2D eigenvalue weighted by Gasteiger charge is -2.45. The fourth-order valence-electron chi connectivity index (χ4n) is 5.34. The Morgan fingerprint density at radius 1 is 0.793 bits per heavy atom. The molecule has 5 heteroatoms. The van der Waals surface area contributed by atoms with E-state index < -0.39 is 0 Å². The van der Waals surface area contributed by atoms with Crippen molar-refractivity contribution in [1.29, 1.82) is 0 Å². The van der Waals surface area contributed by atoms with Gasteiger partial charge in [0.15, 0.2) is 5.78 Å². The van der Waals surface area contributed by atoms with E-state index in [2.05, 4.69) is 26.6 Å². The zero-order valence-corrected chi connectivity index (χ0v) is 18.1. The Balaban J connectivity index is 1.14. The van der Waals surface area contributed by atoms with Crippen LogP contribution in [0.2, 0.25) is 0 Å². The van der Waals surface area contributed by atoms with E-state index in [-0.39, 0.29) is 5.78 Å². The number of hydrogen-bond donors (Lipinski definition) is 0. The molecule has 0 atom stereocenters. The summed E-state index contributed by atoms with van der Waals surface area (Å²) in [6, 6.07) is 11.3. The molecule has 3 aliphatic rings. The second-order valence-electron chi connectivity index (χ2n) is 9.22. The maximum Gasteiger partial charge on any atom is 0.164 e. The average molecular weight is 399 g/mol. The number of piperidine rings is 2. The van der Waals surface area contributed by atoms with Crippen molar-refractivity contribution in [2.75, 3.05) is 66.0 Å². The van der Waals surface area contributed by atoms with Crippen molar-refractivity contribution in [3.63, 3.8) is 0 Å². The number of likely N-dealkylation sites (N-methyl/N-ethyl adjacent to an activating group) is 1. The average Bonchev–Trinajstić information content (AvgIpc) is 2.79. The predicted molar refractivity (Wildman–Crippen MR) is 119 cm³/mol. The molecule has 0 bridgehead atoms. The molecule has 4 rings (SSSR count). The first kappa shape index (κ1) is 21.0. The number of carbonyl (C=O) groups is 1. The molecule has 160 valence electrons. The number of benzene rings is 1. The van der Waals surface area contributed by atoms with Gasteiger partial charge < -0.3 is 14.7 Å². The van der Waals surface area contributed by atoms with Crippen LogP contribution in [-0.2, 0) is 0 Å². The van der Waals surface area contributed by atoms with Crippen molar-refractivity contribution in [1.82, 2.24) is 19.6 Å². The largest absolute Gasteiger partial charge is 0.304 e. The topological polar surface area (TPSA) is 30.0 Å². The van der Waals surface area contributed by atoms with Gasteiger partial charge in [-0.05, 0) is 58.9 Å². The smallest absolute Gasteiger partial charge is 0.164 e. The fourth-order valence-corrected chi connectivity index (χ4v) is 5.34. The van der Waals surface area contributed by atoms with Crippen molar-refractivity contribution >= 4 is 5.78 Å². The molecule has 3 saturated heterocycles. The van der Waals surface area contributed by atoms with Crippen molar-refractivity contribution in [2.45, 2.75) is 44.2 Å². The highest BCUT2D eigenvalue weighted by Crippen LogP contribution is 2.24. The number of rotatable bonds is 6. The Bertz CT molecular complexity index is 628. The van der Waals surface area contributed by atoms with Gasteiger partial charge in [0.25, 0.3) is 0 Å². The van der Waals surface area contributed by atoms with E-state index in [9.17, 15) is 4.79 Å². The Morgan fingerprint density at radius 3 is 1.97 bits per heavy atom. The third-order valence-corrected chi connectivity index (χ3v) is 7.38. The molecule has 0 unspecified atom stereocenters. The molecule has 3 fully saturated rings. The van der Waals surface area contributed by atoms with Gasteiger partial charge in [-0.2, -0.15) is 0 Å². The monoisotopic (exact) mass is 398 g/mol. The number of hydrogen-bond acceptors (Lipinski definition) is 5. The van der Waals surface area contributed by atoms with Crippen LogP contribution in [0.15, 0.2) is 30.3 Å². The van der Waals surface area contributed by atoms with Crippen molar-refractivity contribution in [3.05, 3.63) is 35.9 Å². The number of ketones is 1. The SMILES string of the molecule is CN1CCN(C2CCN(C3CCN(CCC(=O)c4ccccc4)CC3)CC2)CC1. The summed E-state index contributed by atoms with van der Waals surface area (Å²) >= 11 is 0. The number of Topliss-reactive ketones (excluding diaryl/α,β-unsaturated/α-hetero) is 1. The number of carbonyl (C=O) groups excluding carboxylic acids is 1. The normalized spacial score (nSPS) is 24.7. The van der Waals surface area contributed by atoms with Crippen LogP contribution in [0.4, 0.5) is 0 Å². The molecule has 29 heavy (non-hydrogen) atoms. The molecule has 3 aliphatic heterocycles. The van der Waals surface area contributed by atoms with Crippen LogP contribution in [0.3, 0.4) is 0 Å². The summed E-state index contributed by atoms with van der Waals surface area (Å²) in [6.45, 7) is 10.7. The molecule has 1 aromatic carbocycles. The van der Waals surface area contributed by atoms with Gasteiger partial charge in [-0.3, -0.25) is 9.69 Å². The maximum absolute atomic E-state index is 12.3. The zero-order chi connectivity index (χ0) is 20.1. The summed E-state index contributed by atoms with van der Waals surface area (Å²) in [5, 5.41) is 0. The highest BCUT2D eigenvalue weighted by atomic mass is 16.1. The third kappa shape index (κ3) is 5.66. The third-order valence-electron chi connectivity index (χ3n) is 7.38. The van der Waals surface area contributed by atoms with Crippen LogP contribution in [0, 0.1) is 0 Å². The van der Waals surface area contributed by atoms with Crippen molar-refractivity contribution < 1.29 is 4.79 Å². The molecule has 3 heterocycles. The molecule has 0 aliphatic carbocycles. The molecule has 0 radical (unpaired) electrons. The van der Waals surface area contributed by atoms with Crippen LogP contribution in [0.1, 0.15) is 42.5 Å². The molecule has 1 aromatic rings. The van der Waals surface area contributed by atoms with Gasteiger partial charge in [0.05, 0.1) is 0 Å². The lowest BCUT2D eigenvalue weighted by atomic mass is 9.96. The van der Waals surface area contributed by atoms with E-state index in [1.165, 1.54) is 65.0 Å². The van der Waals surface area contributed by atoms with Crippen molar-refractivity contribution in [3.8, 4) is 0 Å². The summed E-state index contributed by atoms with van der Waals surface area (Å²) in [5.41, 5.74) is 0.852. The van der Waals surface area contributed by atoms with Crippen LogP contribution >= 0.6 is 0 Å². The number of nitrogens with zero attached hydrogens (tertiary/aromatic N) is 4. The molecule has 5 nitrogen and oxygen atoms in total. The molecule has 0 aromatic heterocycles. The minimum Gasteiger partial charge on any atom is -0.304 e. The van der Waals surface area contributed by atoms with E-state index in [1.807, 2.05) is 30.3 Å². The van der Waals surface area contributed by atoms with E-state index in [0.29, 0.717) is 6.42 Å². The standard InChI is InChI=1S/C24H38N4O/c1-25-17-19-28(20-18-25)23-9-15-27(16-10-23)22-7-12-26(13-8-22)14-11-24(29)21-5-3-2-4-6-21/h2-6,22-23H,7-20H2,1H3. The van der Waals surface area contributed by atoms with Gasteiger partial charge in [-0.1, -0.05) is 30.3 Å².